The SMILES string of the molecule is COc1ccc(-c2ncnc3ccc(-c4ccc(OCCCN)c(OC)c4)cc23)cc1OC. The van der Waals surface area contributed by atoms with E-state index in [1.165, 1.54) is 0 Å². The first-order valence-electron chi connectivity index (χ1n) is 10.7. The van der Waals surface area contributed by atoms with Gasteiger partial charge in [-0.15, -0.1) is 0 Å². The molecule has 0 spiro atoms. The molecule has 0 radical (unpaired) electrons. The van der Waals surface area contributed by atoms with Crippen LogP contribution in [0.3, 0.4) is 0 Å². The lowest BCUT2D eigenvalue weighted by molar-refractivity contribution is 0.291. The number of benzene rings is 3. The second-order valence-corrected chi connectivity index (χ2v) is 7.38. The average molecular weight is 446 g/mol. The Hall–Kier alpha value is -3.84. The first-order valence-corrected chi connectivity index (χ1v) is 10.7. The van der Waals surface area contributed by atoms with E-state index in [4.69, 9.17) is 24.7 Å². The van der Waals surface area contributed by atoms with Gasteiger partial charge >= 0.3 is 0 Å². The van der Waals surface area contributed by atoms with Gasteiger partial charge in [-0.3, -0.25) is 0 Å². The van der Waals surface area contributed by atoms with Gasteiger partial charge in [0.1, 0.15) is 6.33 Å². The third-order valence-electron chi connectivity index (χ3n) is 5.40. The van der Waals surface area contributed by atoms with Crippen LogP contribution < -0.4 is 24.7 Å². The van der Waals surface area contributed by atoms with Gasteiger partial charge < -0.3 is 24.7 Å². The van der Waals surface area contributed by atoms with E-state index in [0.717, 1.165) is 39.7 Å². The Morgan fingerprint density at radius 3 is 2.09 bits per heavy atom. The molecule has 0 aliphatic rings. The van der Waals surface area contributed by atoms with Gasteiger partial charge in [0, 0.05) is 10.9 Å². The van der Waals surface area contributed by atoms with Crippen LogP contribution in [0, 0.1) is 0 Å². The zero-order valence-corrected chi connectivity index (χ0v) is 19.0. The second-order valence-electron chi connectivity index (χ2n) is 7.38. The molecule has 33 heavy (non-hydrogen) atoms. The molecule has 1 aromatic heterocycles. The Bertz CT molecular complexity index is 1260. The molecular formula is C26H27N3O4. The van der Waals surface area contributed by atoms with Gasteiger partial charge in [-0.05, 0) is 66.6 Å². The minimum absolute atomic E-state index is 0.550. The van der Waals surface area contributed by atoms with Gasteiger partial charge in [0.05, 0.1) is 39.1 Å². The Morgan fingerprint density at radius 2 is 1.33 bits per heavy atom. The smallest absolute Gasteiger partial charge is 0.161 e. The molecular weight excluding hydrogens is 418 g/mol. The molecule has 0 bridgehead atoms. The molecule has 0 unspecified atom stereocenters. The summed E-state index contributed by atoms with van der Waals surface area (Å²) >= 11 is 0. The fourth-order valence-corrected chi connectivity index (χ4v) is 3.68. The average Bonchev–Trinajstić information content (AvgIpc) is 2.87. The van der Waals surface area contributed by atoms with Crippen molar-refractivity contribution in [2.75, 3.05) is 34.5 Å². The lowest BCUT2D eigenvalue weighted by atomic mass is 10.00. The highest BCUT2D eigenvalue weighted by Crippen LogP contribution is 2.37. The van der Waals surface area contributed by atoms with Crippen LogP contribution in [0.1, 0.15) is 6.42 Å². The number of ether oxygens (including phenoxy) is 4. The summed E-state index contributed by atoms with van der Waals surface area (Å²) in [5.41, 5.74) is 10.2. The van der Waals surface area contributed by atoms with Gasteiger partial charge in [-0.2, -0.15) is 0 Å². The summed E-state index contributed by atoms with van der Waals surface area (Å²) in [6.45, 7) is 1.14. The van der Waals surface area contributed by atoms with E-state index in [1.807, 2.05) is 48.5 Å². The third-order valence-corrected chi connectivity index (χ3v) is 5.40. The summed E-state index contributed by atoms with van der Waals surface area (Å²) in [7, 11) is 4.87. The van der Waals surface area contributed by atoms with Gasteiger partial charge in [-0.25, -0.2) is 9.97 Å². The van der Waals surface area contributed by atoms with Crippen molar-refractivity contribution in [3.05, 3.63) is 60.9 Å². The topological polar surface area (TPSA) is 88.7 Å². The van der Waals surface area contributed by atoms with Crippen LogP contribution in [0.5, 0.6) is 23.0 Å². The summed E-state index contributed by atoms with van der Waals surface area (Å²) in [4.78, 5) is 9.02. The predicted molar refractivity (Wildman–Crippen MR) is 129 cm³/mol. The van der Waals surface area contributed by atoms with Crippen LogP contribution >= 0.6 is 0 Å². The highest BCUT2D eigenvalue weighted by atomic mass is 16.5. The van der Waals surface area contributed by atoms with Crippen molar-refractivity contribution in [1.82, 2.24) is 9.97 Å². The number of nitrogens with two attached hydrogens (primary N) is 1. The molecule has 1 heterocycles. The molecule has 0 atom stereocenters. The minimum atomic E-state index is 0.550. The molecule has 0 aliphatic carbocycles. The molecule has 0 amide bonds. The lowest BCUT2D eigenvalue weighted by Gasteiger charge is -2.13. The van der Waals surface area contributed by atoms with Gasteiger partial charge in [0.25, 0.3) is 0 Å². The number of fused-ring (bicyclic) bond motifs is 1. The van der Waals surface area contributed by atoms with Crippen LogP contribution in [0.25, 0.3) is 33.3 Å². The maximum Gasteiger partial charge on any atom is 0.161 e. The fraction of sp³-hybridized carbons (Fsp3) is 0.231. The Labute approximate surface area is 193 Å². The number of rotatable bonds is 9. The maximum atomic E-state index is 5.80. The highest BCUT2D eigenvalue weighted by Gasteiger charge is 2.13. The minimum Gasteiger partial charge on any atom is -0.493 e. The highest BCUT2D eigenvalue weighted by molar-refractivity contribution is 5.95. The molecule has 0 aliphatic heterocycles. The van der Waals surface area contributed by atoms with Crippen molar-refractivity contribution in [2.24, 2.45) is 5.73 Å². The van der Waals surface area contributed by atoms with Gasteiger partial charge in [-0.1, -0.05) is 12.1 Å². The van der Waals surface area contributed by atoms with Crippen molar-refractivity contribution >= 4 is 10.9 Å². The zero-order chi connectivity index (χ0) is 23.2. The lowest BCUT2D eigenvalue weighted by Crippen LogP contribution is -2.06. The van der Waals surface area contributed by atoms with Crippen LogP contribution in [0.2, 0.25) is 0 Å². The van der Waals surface area contributed by atoms with E-state index in [2.05, 4.69) is 16.0 Å². The summed E-state index contributed by atoms with van der Waals surface area (Å²) in [5, 5.41) is 0.935. The van der Waals surface area contributed by atoms with E-state index in [9.17, 15) is 0 Å². The van der Waals surface area contributed by atoms with Crippen LogP contribution in [-0.2, 0) is 0 Å². The summed E-state index contributed by atoms with van der Waals surface area (Å²) in [6.07, 6.45) is 2.36. The van der Waals surface area contributed by atoms with Crippen molar-refractivity contribution in [1.29, 1.82) is 0 Å². The van der Waals surface area contributed by atoms with Crippen LogP contribution in [0.4, 0.5) is 0 Å². The Morgan fingerprint density at radius 1 is 0.697 bits per heavy atom. The van der Waals surface area contributed by atoms with E-state index in [1.54, 1.807) is 27.7 Å². The Balaban J connectivity index is 1.76. The van der Waals surface area contributed by atoms with Crippen molar-refractivity contribution in [2.45, 2.75) is 6.42 Å². The molecule has 3 aromatic carbocycles. The summed E-state index contributed by atoms with van der Waals surface area (Å²) < 4.78 is 22.2. The molecule has 0 saturated heterocycles. The van der Waals surface area contributed by atoms with Crippen molar-refractivity contribution < 1.29 is 18.9 Å². The normalized spacial score (nSPS) is 10.8. The van der Waals surface area contributed by atoms with E-state index in [0.29, 0.717) is 36.1 Å². The largest absolute Gasteiger partial charge is 0.493 e. The maximum absolute atomic E-state index is 5.80. The van der Waals surface area contributed by atoms with Gasteiger partial charge in [0.2, 0.25) is 0 Å². The van der Waals surface area contributed by atoms with Gasteiger partial charge in [0.15, 0.2) is 23.0 Å². The molecule has 2 N–H and O–H groups in total. The van der Waals surface area contributed by atoms with E-state index < -0.39 is 0 Å². The monoisotopic (exact) mass is 445 g/mol. The van der Waals surface area contributed by atoms with E-state index >= 15 is 0 Å². The second kappa shape index (κ2) is 10.2. The first-order chi connectivity index (χ1) is 16.2. The molecule has 0 fully saturated rings. The molecule has 0 saturated carbocycles. The number of nitrogens with zero attached hydrogens (tertiary/aromatic N) is 2. The predicted octanol–water partition coefficient (Wildman–Crippen LogP) is 4.72. The standard InChI is InChI=1S/C26H27N3O4/c1-30-22-9-7-19(15-24(22)31-2)26-20-13-17(5-8-21(20)28-16-29-26)18-6-10-23(25(14-18)32-3)33-12-4-11-27/h5-10,13-16H,4,11-12,27H2,1-3H3. The van der Waals surface area contributed by atoms with E-state index in [-0.39, 0.29) is 0 Å². The zero-order valence-electron chi connectivity index (χ0n) is 19.0. The van der Waals surface area contributed by atoms with Crippen LogP contribution in [0.15, 0.2) is 60.9 Å². The molecule has 7 nitrogen and oxygen atoms in total. The molecule has 7 heteroatoms. The van der Waals surface area contributed by atoms with Crippen molar-refractivity contribution in [3.8, 4) is 45.4 Å². The molecule has 4 aromatic rings. The summed E-state index contributed by atoms with van der Waals surface area (Å²) in [6, 6.07) is 17.8. The van der Waals surface area contributed by atoms with Crippen LogP contribution in [-0.4, -0.2) is 44.4 Å². The fourth-order valence-electron chi connectivity index (χ4n) is 3.68. The first kappa shape index (κ1) is 22.4. The number of methoxy groups -OCH3 is 3. The summed E-state index contributed by atoms with van der Waals surface area (Å²) in [5.74, 6) is 2.69. The van der Waals surface area contributed by atoms with Crippen molar-refractivity contribution in [3.63, 3.8) is 0 Å². The number of hydrogen-bond acceptors (Lipinski definition) is 7. The molecule has 170 valence electrons. The quantitative estimate of drug-likeness (QED) is 0.373. The third kappa shape index (κ3) is 4.68. The Kier molecular flexibility index (Phi) is 6.90. The molecule has 4 rings (SSSR count). The number of aromatic nitrogens is 2. The number of hydrogen-bond donors (Lipinski definition) is 1.